The number of nitrogen functional groups attached to an aromatic ring is 1. The van der Waals surface area contributed by atoms with Crippen LogP contribution in [0.5, 0.6) is 0 Å². The van der Waals surface area contributed by atoms with Gasteiger partial charge in [0.2, 0.25) is 0 Å². The maximum atomic E-state index is 5.27. The molecule has 2 heterocycles. The molecule has 0 amide bonds. The van der Waals surface area contributed by atoms with Crippen molar-refractivity contribution in [1.82, 2.24) is 19.8 Å². The third kappa shape index (κ3) is 4.41. The number of rotatable bonds is 5. The number of hydrazine groups is 1. The van der Waals surface area contributed by atoms with Gasteiger partial charge in [0.1, 0.15) is 0 Å². The summed E-state index contributed by atoms with van der Waals surface area (Å²) in [6.45, 7) is 4.38. The number of nitrogens with one attached hydrogen (secondary N) is 1. The molecule has 6 heteroatoms. The van der Waals surface area contributed by atoms with Gasteiger partial charge >= 0.3 is 0 Å². The van der Waals surface area contributed by atoms with Gasteiger partial charge in [-0.2, -0.15) is 0 Å². The summed E-state index contributed by atoms with van der Waals surface area (Å²) in [5.74, 6) is 6.71. The van der Waals surface area contributed by atoms with Crippen molar-refractivity contribution in [3.8, 4) is 0 Å². The molecule has 1 aromatic rings. The van der Waals surface area contributed by atoms with E-state index in [1.54, 1.807) is 12.4 Å². The molecule has 1 aliphatic heterocycles. The first-order chi connectivity index (χ1) is 9.17. The Bertz CT molecular complexity index is 369. The minimum Gasteiger partial charge on any atom is -0.309 e. The minimum absolute atomic E-state index is 0.605. The maximum absolute atomic E-state index is 5.27. The summed E-state index contributed by atoms with van der Waals surface area (Å²) in [5, 5.41) is 0. The average Bonchev–Trinajstić information content (AvgIpc) is 2.41. The number of hydrogen-bond acceptors (Lipinski definition) is 6. The highest BCUT2D eigenvalue weighted by atomic mass is 15.3. The van der Waals surface area contributed by atoms with E-state index in [2.05, 4.69) is 39.3 Å². The Kier molecular flexibility index (Phi) is 5.07. The van der Waals surface area contributed by atoms with Gasteiger partial charge < -0.3 is 10.3 Å². The first kappa shape index (κ1) is 14.2. The van der Waals surface area contributed by atoms with E-state index in [4.69, 9.17) is 5.84 Å². The first-order valence-corrected chi connectivity index (χ1v) is 6.82. The van der Waals surface area contributed by atoms with Crippen molar-refractivity contribution in [3.05, 3.63) is 18.1 Å². The molecule has 1 aromatic heterocycles. The van der Waals surface area contributed by atoms with Crippen LogP contribution in [-0.2, 0) is 6.54 Å². The Labute approximate surface area is 115 Å². The van der Waals surface area contributed by atoms with Crippen LogP contribution in [0.1, 0.15) is 18.5 Å². The molecule has 1 aliphatic rings. The second-order valence-electron chi connectivity index (χ2n) is 5.52. The highest BCUT2D eigenvalue weighted by Gasteiger charge is 2.19. The van der Waals surface area contributed by atoms with Crippen molar-refractivity contribution in [1.29, 1.82) is 0 Å². The van der Waals surface area contributed by atoms with E-state index < -0.39 is 0 Å². The molecule has 19 heavy (non-hydrogen) atoms. The summed E-state index contributed by atoms with van der Waals surface area (Å²) >= 11 is 0. The Morgan fingerprint density at radius 2 is 2.05 bits per heavy atom. The molecule has 0 aliphatic carbocycles. The van der Waals surface area contributed by atoms with Crippen LogP contribution in [0.15, 0.2) is 12.4 Å². The van der Waals surface area contributed by atoms with Crippen molar-refractivity contribution in [2.24, 2.45) is 11.8 Å². The standard InChI is InChI=1S/C13H24N6/c1-18(2)9-11-3-5-19(6-4-11)10-12-7-16-13(17-14)8-15-12/h7-8,11H,3-6,9-10,14H2,1-2H3,(H,16,17). The van der Waals surface area contributed by atoms with E-state index in [1.165, 1.54) is 19.4 Å². The molecule has 0 radical (unpaired) electrons. The van der Waals surface area contributed by atoms with Gasteiger partial charge in [0, 0.05) is 13.1 Å². The normalized spacial score (nSPS) is 17.9. The van der Waals surface area contributed by atoms with Crippen molar-refractivity contribution in [2.45, 2.75) is 19.4 Å². The zero-order valence-electron chi connectivity index (χ0n) is 11.8. The summed E-state index contributed by atoms with van der Waals surface area (Å²) < 4.78 is 0. The largest absolute Gasteiger partial charge is 0.309 e. The van der Waals surface area contributed by atoms with Crippen molar-refractivity contribution in [2.75, 3.05) is 39.2 Å². The van der Waals surface area contributed by atoms with Crippen LogP contribution >= 0.6 is 0 Å². The Morgan fingerprint density at radius 3 is 2.58 bits per heavy atom. The minimum atomic E-state index is 0.605. The number of nitrogens with zero attached hydrogens (tertiary/aromatic N) is 4. The smallest absolute Gasteiger partial charge is 0.158 e. The van der Waals surface area contributed by atoms with Crippen LogP contribution in [0.25, 0.3) is 0 Å². The molecule has 0 spiro atoms. The molecule has 106 valence electrons. The fraction of sp³-hybridized carbons (Fsp3) is 0.692. The van der Waals surface area contributed by atoms with Crippen LogP contribution < -0.4 is 11.3 Å². The summed E-state index contributed by atoms with van der Waals surface area (Å²) in [5.41, 5.74) is 3.49. The highest BCUT2D eigenvalue weighted by Crippen LogP contribution is 2.19. The van der Waals surface area contributed by atoms with Crippen LogP contribution in [0, 0.1) is 5.92 Å². The number of likely N-dealkylation sites (tertiary alicyclic amines) is 1. The predicted molar refractivity (Wildman–Crippen MR) is 76.4 cm³/mol. The van der Waals surface area contributed by atoms with Crippen LogP contribution in [0.3, 0.4) is 0 Å². The zero-order valence-corrected chi connectivity index (χ0v) is 11.8. The van der Waals surface area contributed by atoms with E-state index in [0.717, 1.165) is 31.2 Å². The number of piperidine rings is 1. The van der Waals surface area contributed by atoms with Gasteiger partial charge in [0.05, 0.1) is 18.1 Å². The lowest BCUT2D eigenvalue weighted by Gasteiger charge is -2.32. The highest BCUT2D eigenvalue weighted by molar-refractivity contribution is 5.28. The molecule has 0 unspecified atom stereocenters. The Balaban J connectivity index is 1.78. The summed E-state index contributed by atoms with van der Waals surface area (Å²) in [4.78, 5) is 13.3. The number of anilines is 1. The fourth-order valence-electron chi connectivity index (χ4n) is 2.58. The van der Waals surface area contributed by atoms with Gasteiger partial charge in [-0.15, -0.1) is 0 Å². The second kappa shape index (κ2) is 6.79. The van der Waals surface area contributed by atoms with Crippen molar-refractivity contribution < 1.29 is 0 Å². The predicted octanol–water partition coefficient (Wildman–Crippen LogP) is 0.536. The zero-order chi connectivity index (χ0) is 13.7. The van der Waals surface area contributed by atoms with Gasteiger partial charge in [-0.05, 0) is 45.9 Å². The molecule has 2 rings (SSSR count). The van der Waals surface area contributed by atoms with Gasteiger partial charge in [0.25, 0.3) is 0 Å². The number of nitrogens with two attached hydrogens (primary N) is 1. The van der Waals surface area contributed by atoms with Crippen LogP contribution in [-0.4, -0.2) is 53.5 Å². The molecule has 1 saturated heterocycles. The molecule has 6 nitrogen and oxygen atoms in total. The lowest BCUT2D eigenvalue weighted by Crippen LogP contribution is -2.36. The molecular formula is C13H24N6. The van der Waals surface area contributed by atoms with Gasteiger partial charge in [-0.1, -0.05) is 0 Å². The van der Waals surface area contributed by atoms with Gasteiger partial charge in [-0.3, -0.25) is 9.88 Å². The number of aromatic nitrogens is 2. The van der Waals surface area contributed by atoms with E-state index in [0.29, 0.717) is 5.82 Å². The third-order valence-corrected chi connectivity index (χ3v) is 3.57. The molecule has 3 N–H and O–H groups in total. The molecular weight excluding hydrogens is 240 g/mol. The van der Waals surface area contributed by atoms with Crippen molar-refractivity contribution in [3.63, 3.8) is 0 Å². The quantitative estimate of drug-likeness (QED) is 0.597. The number of hydrogen-bond donors (Lipinski definition) is 2. The molecule has 1 fully saturated rings. The lowest BCUT2D eigenvalue weighted by molar-refractivity contribution is 0.155. The van der Waals surface area contributed by atoms with Gasteiger partial charge in [-0.25, -0.2) is 10.8 Å². The molecule has 0 atom stereocenters. The van der Waals surface area contributed by atoms with E-state index in [1.807, 2.05) is 0 Å². The molecule has 0 saturated carbocycles. The van der Waals surface area contributed by atoms with Crippen LogP contribution in [0.4, 0.5) is 5.82 Å². The van der Waals surface area contributed by atoms with E-state index >= 15 is 0 Å². The summed E-state index contributed by atoms with van der Waals surface area (Å²) in [6, 6.07) is 0. The first-order valence-electron chi connectivity index (χ1n) is 6.82. The monoisotopic (exact) mass is 264 g/mol. The van der Waals surface area contributed by atoms with Crippen molar-refractivity contribution >= 4 is 5.82 Å². The Morgan fingerprint density at radius 1 is 1.32 bits per heavy atom. The third-order valence-electron chi connectivity index (χ3n) is 3.57. The van der Waals surface area contributed by atoms with Crippen LogP contribution in [0.2, 0.25) is 0 Å². The topological polar surface area (TPSA) is 70.3 Å². The molecule has 0 bridgehead atoms. The maximum Gasteiger partial charge on any atom is 0.158 e. The summed E-state index contributed by atoms with van der Waals surface area (Å²) in [6.07, 6.45) is 6.01. The second-order valence-corrected chi connectivity index (χ2v) is 5.52. The van der Waals surface area contributed by atoms with Gasteiger partial charge in [0.15, 0.2) is 5.82 Å². The molecule has 0 aromatic carbocycles. The summed E-state index contributed by atoms with van der Waals surface area (Å²) in [7, 11) is 4.30. The van der Waals surface area contributed by atoms with E-state index in [9.17, 15) is 0 Å². The fourth-order valence-corrected chi connectivity index (χ4v) is 2.58. The average molecular weight is 264 g/mol. The SMILES string of the molecule is CN(C)CC1CCN(Cc2cnc(NN)cn2)CC1. The lowest BCUT2D eigenvalue weighted by atomic mass is 9.96. The van der Waals surface area contributed by atoms with E-state index in [-0.39, 0.29) is 0 Å². The Hall–Kier alpha value is -1.24.